The van der Waals surface area contributed by atoms with Gasteiger partial charge >= 0.3 is 0 Å². The molecule has 5 nitrogen and oxygen atoms in total. The van der Waals surface area contributed by atoms with Crippen molar-refractivity contribution in [3.05, 3.63) is 33.8 Å². The third-order valence-electron chi connectivity index (χ3n) is 4.34. The number of carbonyl (C=O) groups is 2. The highest BCUT2D eigenvalue weighted by molar-refractivity contribution is 14.1. The summed E-state index contributed by atoms with van der Waals surface area (Å²) in [5, 5.41) is 5.06. The molecule has 1 aliphatic heterocycles. The molecule has 1 saturated heterocycles. The molecule has 2 bridgehead atoms. The molecule has 1 aromatic rings. The van der Waals surface area contributed by atoms with Crippen LogP contribution in [0.4, 0.5) is 0 Å². The van der Waals surface area contributed by atoms with Gasteiger partial charge in [0.2, 0.25) is 0 Å². The number of halogens is 1. The molecule has 2 aliphatic carbocycles. The Kier molecular flexibility index (Phi) is 2.63. The summed E-state index contributed by atoms with van der Waals surface area (Å²) in [6, 6.07) is 3.55. The fraction of sp³-hybridized carbons (Fsp3) is 0.357. The van der Waals surface area contributed by atoms with Crippen LogP contribution in [-0.2, 0) is 9.59 Å². The van der Waals surface area contributed by atoms with Crippen molar-refractivity contribution < 1.29 is 14.0 Å². The Morgan fingerprint density at radius 1 is 1.20 bits per heavy atom. The smallest absolute Gasteiger partial charge is 0.254 e. The lowest BCUT2D eigenvalue weighted by atomic mass is 9.85. The van der Waals surface area contributed by atoms with Gasteiger partial charge in [-0.25, -0.2) is 0 Å². The zero-order chi connectivity index (χ0) is 13.9. The number of amides is 2. The molecule has 4 atom stereocenters. The Morgan fingerprint density at radius 2 is 1.85 bits per heavy atom. The number of hydrazone groups is 1. The van der Waals surface area contributed by atoms with E-state index < -0.39 is 0 Å². The standard InChI is InChI=1S/C14H11IN2O3/c15-10-4-3-9(20-10)6-16-17-13(18)11-7-1-2-8(5-7)12(11)14(17)19/h1-4,6-8,11-12H,5H2/b16-6-. The SMILES string of the molecule is O=C1C2C3C=CC(C3)C2C(=O)N1/N=C\c1ccc(I)o1. The van der Waals surface area contributed by atoms with Crippen molar-refractivity contribution in [3.63, 3.8) is 0 Å². The lowest BCUT2D eigenvalue weighted by molar-refractivity contribution is -0.140. The Bertz CT molecular complexity index is 633. The van der Waals surface area contributed by atoms with E-state index in [1.807, 2.05) is 22.6 Å². The van der Waals surface area contributed by atoms with Crippen molar-refractivity contribution >= 4 is 40.6 Å². The van der Waals surface area contributed by atoms with Crippen LogP contribution in [0.1, 0.15) is 12.2 Å². The van der Waals surface area contributed by atoms with Gasteiger partial charge in [0.25, 0.3) is 11.8 Å². The largest absolute Gasteiger partial charge is 0.449 e. The molecule has 102 valence electrons. The van der Waals surface area contributed by atoms with Gasteiger partial charge in [-0.2, -0.15) is 10.1 Å². The molecule has 0 spiro atoms. The summed E-state index contributed by atoms with van der Waals surface area (Å²) in [5.41, 5.74) is 0. The third kappa shape index (κ3) is 1.63. The van der Waals surface area contributed by atoms with Gasteiger partial charge in [-0.05, 0) is 53.0 Å². The fourth-order valence-electron chi connectivity index (χ4n) is 3.51. The quantitative estimate of drug-likeness (QED) is 0.340. The van der Waals surface area contributed by atoms with Crippen molar-refractivity contribution in [3.8, 4) is 0 Å². The second kappa shape index (κ2) is 4.28. The van der Waals surface area contributed by atoms with Crippen LogP contribution < -0.4 is 0 Å². The van der Waals surface area contributed by atoms with E-state index >= 15 is 0 Å². The molecule has 4 unspecified atom stereocenters. The molecule has 0 radical (unpaired) electrons. The number of furan rings is 1. The van der Waals surface area contributed by atoms with Crippen LogP contribution in [0.25, 0.3) is 0 Å². The minimum Gasteiger partial charge on any atom is -0.449 e. The van der Waals surface area contributed by atoms with E-state index in [0.717, 1.165) is 15.2 Å². The highest BCUT2D eigenvalue weighted by atomic mass is 127. The van der Waals surface area contributed by atoms with Crippen LogP contribution in [0.2, 0.25) is 0 Å². The van der Waals surface area contributed by atoms with E-state index in [9.17, 15) is 9.59 Å². The van der Waals surface area contributed by atoms with Gasteiger partial charge in [-0.3, -0.25) is 9.59 Å². The molecule has 2 amide bonds. The predicted octanol–water partition coefficient (Wildman–Crippen LogP) is 2.03. The van der Waals surface area contributed by atoms with Crippen molar-refractivity contribution in [2.75, 3.05) is 0 Å². The van der Waals surface area contributed by atoms with Crippen molar-refractivity contribution in [2.24, 2.45) is 28.8 Å². The molecular formula is C14H11IN2O3. The van der Waals surface area contributed by atoms with E-state index in [-0.39, 0.29) is 35.5 Å². The molecule has 4 rings (SSSR count). The predicted molar refractivity (Wildman–Crippen MR) is 78.6 cm³/mol. The summed E-state index contributed by atoms with van der Waals surface area (Å²) in [7, 11) is 0. The number of imide groups is 1. The van der Waals surface area contributed by atoms with Gasteiger partial charge in [0, 0.05) is 0 Å². The van der Waals surface area contributed by atoms with Crippen molar-refractivity contribution in [1.29, 1.82) is 0 Å². The highest BCUT2D eigenvalue weighted by Gasteiger charge is 2.59. The van der Waals surface area contributed by atoms with Crippen LogP contribution in [0.5, 0.6) is 0 Å². The van der Waals surface area contributed by atoms with E-state index in [2.05, 4.69) is 17.3 Å². The Morgan fingerprint density at radius 3 is 2.40 bits per heavy atom. The minimum atomic E-state index is -0.202. The molecule has 0 aromatic carbocycles. The number of rotatable bonds is 2. The van der Waals surface area contributed by atoms with E-state index in [1.54, 1.807) is 12.1 Å². The molecule has 0 N–H and O–H groups in total. The molecule has 6 heteroatoms. The third-order valence-corrected chi connectivity index (χ3v) is 4.92. The monoisotopic (exact) mass is 382 g/mol. The zero-order valence-electron chi connectivity index (χ0n) is 10.4. The molecule has 2 fully saturated rings. The average molecular weight is 382 g/mol. The summed E-state index contributed by atoms with van der Waals surface area (Å²) in [6.45, 7) is 0. The Hall–Kier alpha value is -1.44. The van der Waals surface area contributed by atoms with Crippen LogP contribution in [-0.4, -0.2) is 23.0 Å². The van der Waals surface area contributed by atoms with E-state index in [4.69, 9.17) is 4.42 Å². The van der Waals surface area contributed by atoms with Gasteiger partial charge in [0.15, 0.2) is 3.77 Å². The molecular weight excluding hydrogens is 371 g/mol. The number of hydrogen-bond acceptors (Lipinski definition) is 4. The second-order valence-electron chi connectivity index (χ2n) is 5.37. The van der Waals surface area contributed by atoms with Gasteiger partial charge in [0.1, 0.15) is 5.76 Å². The minimum absolute atomic E-state index is 0.172. The first-order valence-electron chi connectivity index (χ1n) is 6.50. The van der Waals surface area contributed by atoms with Crippen LogP contribution >= 0.6 is 22.6 Å². The number of carbonyl (C=O) groups excluding carboxylic acids is 2. The number of hydrogen-bond donors (Lipinski definition) is 0. The zero-order valence-corrected chi connectivity index (χ0v) is 12.6. The first kappa shape index (κ1) is 12.3. The summed E-state index contributed by atoms with van der Waals surface area (Å²) in [6.07, 6.45) is 6.49. The topological polar surface area (TPSA) is 62.9 Å². The van der Waals surface area contributed by atoms with Crippen molar-refractivity contribution in [1.82, 2.24) is 5.01 Å². The van der Waals surface area contributed by atoms with Crippen LogP contribution in [0.15, 0.2) is 33.8 Å². The number of nitrogens with zero attached hydrogens (tertiary/aromatic N) is 2. The maximum atomic E-state index is 12.3. The summed E-state index contributed by atoms with van der Waals surface area (Å²) in [4.78, 5) is 24.7. The molecule has 2 heterocycles. The maximum absolute atomic E-state index is 12.3. The summed E-state index contributed by atoms with van der Waals surface area (Å²) < 4.78 is 6.08. The Balaban J connectivity index is 1.60. The van der Waals surface area contributed by atoms with E-state index in [1.165, 1.54) is 6.21 Å². The van der Waals surface area contributed by atoms with Gasteiger partial charge in [-0.15, -0.1) is 0 Å². The number of fused-ring (bicyclic) bond motifs is 5. The Labute approximate surface area is 128 Å². The molecule has 1 saturated carbocycles. The van der Waals surface area contributed by atoms with Crippen LogP contribution in [0, 0.1) is 27.4 Å². The average Bonchev–Trinajstić information content (AvgIpc) is 3.15. The summed E-state index contributed by atoms with van der Waals surface area (Å²) >= 11 is 2.05. The first-order chi connectivity index (χ1) is 9.65. The normalized spacial score (nSPS) is 34.8. The highest BCUT2D eigenvalue weighted by Crippen LogP contribution is 2.52. The van der Waals surface area contributed by atoms with Gasteiger partial charge < -0.3 is 4.42 Å². The summed E-state index contributed by atoms with van der Waals surface area (Å²) in [5.74, 6) is 0.215. The molecule has 3 aliphatic rings. The number of allylic oxidation sites excluding steroid dienone is 2. The van der Waals surface area contributed by atoms with E-state index in [0.29, 0.717) is 5.76 Å². The van der Waals surface area contributed by atoms with Gasteiger partial charge in [0.05, 0.1) is 18.1 Å². The lowest BCUT2D eigenvalue weighted by Gasteiger charge is -2.13. The maximum Gasteiger partial charge on any atom is 0.254 e. The molecule has 1 aromatic heterocycles. The van der Waals surface area contributed by atoms with Crippen molar-refractivity contribution in [2.45, 2.75) is 6.42 Å². The fourth-order valence-corrected chi connectivity index (χ4v) is 3.95. The second-order valence-corrected chi connectivity index (χ2v) is 6.44. The van der Waals surface area contributed by atoms with Crippen LogP contribution in [0.3, 0.4) is 0 Å². The molecule has 20 heavy (non-hydrogen) atoms. The van der Waals surface area contributed by atoms with Gasteiger partial charge in [-0.1, -0.05) is 12.2 Å². The lowest BCUT2D eigenvalue weighted by Crippen LogP contribution is -2.28. The first-order valence-corrected chi connectivity index (χ1v) is 7.58.